The fraction of sp³-hybridized carbons (Fsp3) is 0.800. The second-order valence-electron chi connectivity index (χ2n) is 1.94. The van der Waals surface area contributed by atoms with E-state index in [2.05, 4.69) is 4.74 Å². The Morgan fingerprint density at radius 1 is 1.44 bits per heavy atom. The molecule has 1 heterocycles. The highest BCUT2D eigenvalue weighted by molar-refractivity contribution is 4.79. The first kappa shape index (κ1) is 6.86. The van der Waals surface area contributed by atoms with E-state index >= 15 is 0 Å². The predicted octanol–water partition coefficient (Wildman–Crippen LogP) is 1.75. The van der Waals surface area contributed by atoms with Gasteiger partial charge in [0.2, 0.25) is 0 Å². The van der Waals surface area contributed by atoms with Gasteiger partial charge in [0, 0.05) is 6.61 Å². The van der Waals surface area contributed by atoms with Crippen molar-refractivity contribution in [2.75, 3.05) is 6.61 Å². The van der Waals surface area contributed by atoms with Crippen LogP contribution in [0.3, 0.4) is 0 Å². The molecule has 0 aromatic rings. The molecule has 0 aromatic carbocycles. The normalized spacial score (nSPS) is 29.0. The fourth-order valence-electron chi connectivity index (χ4n) is 0.688. The lowest BCUT2D eigenvalue weighted by Gasteiger charge is -2.10. The number of rotatable bonds is 0. The summed E-state index contributed by atoms with van der Waals surface area (Å²) in [4.78, 5) is 0. The summed E-state index contributed by atoms with van der Waals surface area (Å²) in [6, 6.07) is 0. The number of halogens is 3. The quantitative estimate of drug-likeness (QED) is 0.496. The molecule has 0 aliphatic carbocycles. The second kappa shape index (κ2) is 2.17. The van der Waals surface area contributed by atoms with Crippen LogP contribution in [0.4, 0.5) is 13.2 Å². The Morgan fingerprint density at radius 2 is 2.11 bits per heavy atom. The van der Waals surface area contributed by atoms with Crippen LogP contribution in [0.15, 0.2) is 0 Å². The van der Waals surface area contributed by atoms with Crippen LogP contribution < -0.4 is 0 Å². The lowest BCUT2D eigenvalue weighted by Crippen LogP contribution is -2.19. The van der Waals surface area contributed by atoms with Gasteiger partial charge < -0.3 is 4.74 Å². The first-order valence-corrected chi connectivity index (χ1v) is 2.62. The van der Waals surface area contributed by atoms with Gasteiger partial charge in [0.15, 0.2) is 0 Å². The molecule has 9 heavy (non-hydrogen) atoms. The lowest BCUT2D eigenvalue weighted by atomic mass is 10.1. The van der Waals surface area contributed by atoms with Crippen molar-refractivity contribution in [1.82, 2.24) is 0 Å². The fourth-order valence-corrected chi connectivity index (χ4v) is 0.688. The Morgan fingerprint density at radius 3 is 2.33 bits per heavy atom. The lowest BCUT2D eigenvalue weighted by molar-refractivity contribution is -0.165. The number of hydrogen-bond acceptors (Lipinski definition) is 1. The molecule has 1 rings (SSSR count). The third-order valence-corrected chi connectivity index (χ3v) is 1.23. The molecular formula is C5H6F3O. The molecule has 0 amide bonds. The molecule has 0 spiro atoms. The molecule has 1 aliphatic heterocycles. The van der Waals surface area contributed by atoms with Crippen molar-refractivity contribution in [1.29, 1.82) is 0 Å². The van der Waals surface area contributed by atoms with Crippen LogP contribution in [-0.2, 0) is 4.74 Å². The van der Waals surface area contributed by atoms with E-state index in [-0.39, 0.29) is 13.0 Å². The van der Waals surface area contributed by atoms with E-state index in [1.165, 1.54) is 0 Å². The van der Waals surface area contributed by atoms with Gasteiger partial charge in [0.25, 0.3) is 0 Å². The van der Waals surface area contributed by atoms with Crippen molar-refractivity contribution < 1.29 is 17.9 Å². The van der Waals surface area contributed by atoms with E-state index in [1.54, 1.807) is 0 Å². The number of hydrogen-bond donors (Lipinski definition) is 0. The van der Waals surface area contributed by atoms with Gasteiger partial charge in [0.05, 0.1) is 12.5 Å². The zero-order valence-electron chi connectivity index (χ0n) is 4.61. The highest BCUT2D eigenvalue weighted by atomic mass is 19.4. The molecule has 0 N–H and O–H groups in total. The highest BCUT2D eigenvalue weighted by Crippen LogP contribution is 2.34. The summed E-state index contributed by atoms with van der Waals surface area (Å²) in [6.45, 7) is 1.06. The molecule has 1 atom stereocenters. The largest absolute Gasteiger partial charge is 0.394 e. The predicted molar refractivity (Wildman–Crippen MR) is 24.4 cm³/mol. The van der Waals surface area contributed by atoms with Crippen molar-refractivity contribution in [3.05, 3.63) is 6.61 Å². The smallest absolute Gasteiger partial charge is 0.375 e. The van der Waals surface area contributed by atoms with Crippen molar-refractivity contribution in [2.45, 2.75) is 12.6 Å². The monoisotopic (exact) mass is 139 g/mol. The summed E-state index contributed by atoms with van der Waals surface area (Å²) in [6.07, 6.45) is -4.03. The maximum absolute atomic E-state index is 11.6. The Labute approximate surface area is 50.8 Å². The number of alkyl halides is 3. The van der Waals surface area contributed by atoms with Gasteiger partial charge in [-0.25, -0.2) is 0 Å². The Bertz CT molecular complexity index is 92.9. The van der Waals surface area contributed by atoms with Gasteiger partial charge in [-0.05, 0) is 6.42 Å². The van der Waals surface area contributed by atoms with Gasteiger partial charge >= 0.3 is 6.18 Å². The SMILES string of the molecule is FC(F)(F)C1[CH]OCC1. The highest BCUT2D eigenvalue weighted by Gasteiger charge is 2.42. The first-order chi connectivity index (χ1) is 4.11. The zero-order valence-corrected chi connectivity index (χ0v) is 4.61. The van der Waals surface area contributed by atoms with Crippen molar-refractivity contribution in [3.63, 3.8) is 0 Å². The minimum absolute atomic E-state index is 0.0729. The minimum atomic E-state index is -4.10. The van der Waals surface area contributed by atoms with Crippen molar-refractivity contribution in [2.24, 2.45) is 5.92 Å². The molecular weight excluding hydrogens is 133 g/mol. The van der Waals surface area contributed by atoms with Gasteiger partial charge in [-0.1, -0.05) is 0 Å². The van der Waals surface area contributed by atoms with Crippen LogP contribution in [-0.4, -0.2) is 12.8 Å². The summed E-state index contributed by atoms with van der Waals surface area (Å²) < 4.78 is 39.4. The maximum atomic E-state index is 11.6. The maximum Gasteiger partial charge on any atom is 0.394 e. The van der Waals surface area contributed by atoms with E-state index in [9.17, 15) is 13.2 Å². The van der Waals surface area contributed by atoms with E-state index in [1.807, 2.05) is 0 Å². The van der Waals surface area contributed by atoms with Crippen LogP contribution in [0.1, 0.15) is 6.42 Å². The van der Waals surface area contributed by atoms with E-state index < -0.39 is 12.1 Å². The van der Waals surface area contributed by atoms with Crippen molar-refractivity contribution in [3.8, 4) is 0 Å². The second-order valence-corrected chi connectivity index (χ2v) is 1.94. The molecule has 0 aromatic heterocycles. The van der Waals surface area contributed by atoms with E-state index in [0.717, 1.165) is 6.61 Å². The molecule has 1 saturated heterocycles. The molecule has 1 aliphatic rings. The van der Waals surface area contributed by atoms with Crippen LogP contribution in [0.2, 0.25) is 0 Å². The molecule has 0 bridgehead atoms. The summed E-state index contributed by atoms with van der Waals surface area (Å²) in [5, 5.41) is 0. The van der Waals surface area contributed by atoms with Crippen LogP contribution >= 0.6 is 0 Å². The Balaban J connectivity index is 2.42. The first-order valence-electron chi connectivity index (χ1n) is 2.62. The van der Waals surface area contributed by atoms with E-state index in [0.29, 0.717) is 0 Å². The van der Waals surface area contributed by atoms with E-state index in [4.69, 9.17) is 0 Å². The molecule has 53 valence electrons. The van der Waals surface area contributed by atoms with Crippen LogP contribution in [0.5, 0.6) is 0 Å². The molecule has 1 fully saturated rings. The van der Waals surface area contributed by atoms with Crippen molar-refractivity contribution >= 4 is 0 Å². The van der Waals surface area contributed by atoms with Gasteiger partial charge in [0.1, 0.15) is 0 Å². The number of ether oxygens (including phenoxy) is 1. The van der Waals surface area contributed by atoms with Gasteiger partial charge in [-0.3, -0.25) is 0 Å². The standard InChI is InChI=1S/C5H6F3O/c6-5(7,8)4-1-2-9-3-4/h3-4H,1-2H2. The summed E-state index contributed by atoms with van der Waals surface area (Å²) in [5.74, 6) is -1.34. The summed E-state index contributed by atoms with van der Waals surface area (Å²) in [5.41, 5.74) is 0. The average molecular weight is 139 g/mol. The third-order valence-electron chi connectivity index (χ3n) is 1.23. The van der Waals surface area contributed by atoms with Crippen LogP contribution in [0.25, 0.3) is 0 Å². The molecule has 0 saturated carbocycles. The van der Waals surface area contributed by atoms with Crippen LogP contribution in [0, 0.1) is 12.5 Å². The Kier molecular flexibility index (Phi) is 1.66. The molecule has 1 radical (unpaired) electrons. The molecule has 1 nitrogen and oxygen atoms in total. The molecule has 1 unspecified atom stereocenters. The Hall–Kier alpha value is -0.250. The zero-order chi connectivity index (χ0) is 6.91. The van der Waals surface area contributed by atoms with Gasteiger partial charge in [-0.2, -0.15) is 13.2 Å². The summed E-state index contributed by atoms with van der Waals surface area (Å²) >= 11 is 0. The third kappa shape index (κ3) is 1.58. The topological polar surface area (TPSA) is 9.23 Å². The average Bonchev–Trinajstić information content (AvgIpc) is 2.08. The minimum Gasteiger partial charge on any atom is -0.375 e. The summed E-state index contributed by atoms with van der Waals surface area (Å²) in [7, 11) is 0. The van der Waals surface area contributed by atoms with Gasteiger partial charge in [-0.15, -0.1) is 0 Å². The molecule has 4 heteroatoms.